The first kappa shape index (κ1) is 89.9. The van der Waals surface area contributed by atoms with Crippen molar-refractivity contribution in [2.45, 2.75) is 373 Å². The van der Waals surface area contributed by atoms with Gasteiger partial charge in [0.05, 0.1) is 27.7 Å². The molecule has 0 aromatic carbocycles. The van der Waals surface area contributed by atoms with Crippen LogP contribution in [-0.4, -0.2) is 70.0 Å². The topological polar surface area (TPSA) is 111 Å². The summed E-state index contributed by atoms with van der Waals surface area (Å²) in [4.78, 5) is 38.1. The van der Waals surface area contributed by atoms with Gasteiger partial charge in [-0.2, -0.15) is 0 Å². The van der Waals surface area contributed by atoms with Gasteiger partial charge in [0.1, 0.15) is 19.8 Å². The number of unbranched alkanes of at least 4 members (excludes halogenated alkanes) is 43. The molecule has 0 aliphatic carbocycles. The highest BCUT2D eigenvalue weighted by molar-refractivity contribution is 7.45. The number of likely N-dealkylation sites (N-methyl/N-ethyl adjacent to an activating group) is 1. The average molecular weight is 1320 g/mol. The van der Waals surface area contributed by atoms with Crippen molar-refractivity contribution in [3.63, 3.8) is 0 Å². The highest BCUT2D eigenvalue weighted by Gasteiger charge is 2.22. The Kier molecular flexibility index (Phi) is 70.8. The highest BCUT2D eigenvalue weighted by Crippen LogP contribution is 2.38. The first-order valence-electron chi connectivity index (χ1n) is 39.4. The van der Waals surface area contributed by atoms with Crippen LogP contribution in [0.1, 0.15) is 367 Å². The van der Waals surface area contributed by atoms with E-state index in [-0.39, 0.29) is 32.0 Å². The third kappa shape index (κ3) is 77.8. The van der Waals surface area contributed by atoms with E-state index in [1.807, 2.05) is 21.1 Å². The van der Waals surface area contributed by atoms with Gasteiger partial charge in [0.2, 0.25) is 0 Å². The van der Waals surface area contributed by atoms with Crippen molar-refractivity contribution in [2.24, 2.45) is 0 Å². The van der Waals surface area contributed by atoms with Crippen molar-refractivity contribution < 1.29 is 42.1 Å². The minimum absolute atomic E-state index is 0.0396. The first-order chi connectivity index (χ1) is 45.5. The number of carbonyl (C=O) groups is 2. The predicted molar refractivity (Wildman–Crippen MR) is 402 cm³/mol. The molecule has 0 bridgehead atoms. The maximum Gasteiger partial charge on any atom is 0.306 e. The Hall–Kier alpha value is -3.07. The van der Waals surface area contributed by atoms with Crippen LogP contribution in [0.15, 0.2) is 97.2 Å². The average Bonchev–Trinajstić information content (AvgIpc) is 2.61. The number of ether oxygens (including phenoxy) is 2. The molecule has 0 fully saturated rings. The standard InChI is InChI=1S/C83H150NO8P/c1-6-8-10-12-14-16-18-20-22-24-26-28-30-32-34-36-37-38-39-40-41-42-43-44-45-46-48-49-51-53-55-57-59-61-63-65-67-69-71-73-75-82(85)89-79-81(80-91-93(87,88)90-78-77-84(3,4)5)92-83(86)76-74-72-70-68-66-64-62-60-58-56-54-52-50-47-35-33-31-29-27-25-23-21-19-17-15-13-11-9-7-2/h9,11,15,17,21,23,27,29,33,35,50,52,56,58,62,64,81H,6-8,10,12-14,16,18-20,22,24-26,28,30-32,34,36-49,51,53-55,57,59-61,63,65-80H2,1-5H3/b11-9-,17-15-,23-21-,29-27-,35-33-,52-50-,58-56-,64-62-. The third-order valence-electron chi connectivity index (χ3n) is 17.4. The van der Waals surface area contributed by atoms with Crippen LogP contribution in [0, 0.1) is 0 Å². The molecule has 9 nitrogen and oxygen atoms in total. The van der Waals surface area contributed by atoms with Crippen molar-refractivity contribution in [1.29, 1.82) is 0 Å². The van der Waals surface area contributed by atoms with Crippen LogP contribution >= 0.6 is 7.82 Å². The van der Waals surface area contributed by atoms with E-state index in [2.05, 4.69) is 111 Å². The first-order valence-corrected chi connectivity index (χ1v) is 40.9. The minimum atomic E-state index is -4.66. The van der Waals surface area contributed by atoms with Gasteiger partial charge in [-0.15, -0.1) is 0 Å². The number of carbonyl (C=O) groups excluding carboxylic acids is 2. The van der Waals surface area contributed by atoms with Crippen LogP contribution in [0.4, 0.5) is 0 Å². The van der Waals surface area contributed by atoms with Crippen molar-refractivity contribution in [3.8, 4) is 0 Å². The van der Waals surface area contributed by atoms with Crippen molar-refractivity contribution >= 4 is 19.8 Å². The molecule has 0 aliphatic heterocycles. The lowest BCUT2D eigenvalue weighted by molar-refractivity contribution is -0.870. The maximum atomic E-state index is 12.9. The molecule has 2 atom stereocenters. The lowest BCUT2D eigenvalue weighted by atomic mass is 10.0. The summed E-state index contributed by atoms with van der Waals surface area (Å²) in [6, 6.07) is 0. The summed E-state index contributed by atoms with van der Waals surface area (Å²) in [5, 5.41) is 0. The molecule has 0 aromatic heterocycles. The van der Waals surface area contributed by atoms with Crippen LogP contribution in [0.3, 0.4) is 0 Å². The Balaban J connectivity index is 3.97. The fraction of sp³-hybridized carbons (Fsp3) is 0.783. The van der Waals surface area contributed by atoms with Gasteiger partial charge in [-0.05, 0) is 77.0 Å². The molecule has 0 amide bonds. The zero-order chi connectivity index (χ0) is 67.6. The minimum Gasteiger partial charge on any atom is -0.756 e. The van der Waals surface area contributed by atoms with Gasteiger partial charge in [-0.25, -0.2) is 0 Å². The highest BCUT2D eigenvalue weighted by atomic mass is 31.2. The summed E-state index contributed by atoms with van der Waals surface area (Å²) in [6.07, 6.45) is 103. The summed E-state index contributed by atoms with van der Waals surface area (Å²) in [6.45, 7) is 4.14. The van der Waals surface area contributed by atoms with Gasteiger partial charge in [-0.3, -0.25) is 14.2 Å². The molecular formula is C83H150NO8P. The van der Waals surface area contributed by atoms with Crippen LogP contribution in [0.2, 0.25) is 0 Å². The van der Waals surface area contributed by atoms with E-state index in [1.165, 1.54) is 238 Å². The van der Waals surface area contributed by atoms with Crippen molar-refractivity contribution in [1.82, 2.24) is 0 Å². The van der Waals surface area contributed by atoms with Gasteiger partial charge in [0, 0.05) is 12.8 Å². The maximum absolute atomic E-state index is 12.9. The second-order valence-electron chi connectivity index (χ2n) is 27.7. The largest absolute Gasteiger partial charge is 0.756 e. The summed E-state index contributed by atoms with van der Waals surface area (Å²) < 4.78 is 34.3. The number of phosphoric acid groups is 1. The van der Waals surface area contributed by atoms with E-state index < -0.39 is 26.5 Å². The predicted octanol–water partition coefficient (Wildman–Crippen LogP) is 25.6. The molecule has 0 saturated carbocycles. The van der Waals surface area contributed by atoms with E-state index in [1.54, 1.807) is 0 Å². The molecule has 0 heterocycles. The Labute approximate surface area is 576 Å². The number of nitrogens with zero attached hydrogens (tertiary/aromatic N) is 1. The van der Waals surface area contributed by atoms with Crippen LogP contribution in [-0.2, 0) is 32.7 Å². The quantitative estimate of drug-likeness (QED) is 0.0195. The third-order valence-corrected chi connectivity index (χ3v) is 18.3. The Morgan fingerprint density at radius 2 is 0.613 bits per heavy atom. The Bertz CT molecular complexity index is 1890. The number of hydrogen-bond acceptors (Lipinski definition) is 8. The number of phosphoric ester groups is 1. The fourth-order valence-corrected chi connectivity index (χ4v) is 12.1. The molecule has 0 N–H and O–H groups in total. The van der Waals surface area contributed by atoms with Gasteiger partial charge in [0.15, 0.2) is 6.10 Å². The van der Waals surface area contributed by atoms with Crippen molar-refractivity contribution in [3.05, 3.63) is 97.2 Å². The second kappa shape index (κ2) is 73.2. The summed E-state index contributed by atoms with van der Waals surface area (Å²) in [7, 11) is 1.15. The lowest BCUT2D eigenvalue weighted by Crippen LogP contribution is -2.37. The SMILES string of the molecule is CC/C=C\C/C=C\C/C=C\C/C=C\C/C=C\C/C=C\C/C=C\C/C=C\CCCCCCC(=O)OC(COC(=O)CCCCCCCCCCCCCCCCCCCCCCCCCCCCCCCCCCCCCCCCCC)COP(=O)([O-])OCC[N+](C)(C)C. The molecule has 0 saturated heterocycles. The molecule has 0 aliphatic rings. The van der Waals surface area contributed by atoms with E-state index in [9.17, 15) is 19.0 Å². The molecule has 0 aromatic rings. The van der Waals surface area contributed by atoms with Crippen LogP contribution < -0.4 is 4.89 Å². The van der Waals surface area contributed by atoms with Gasteiger partial charge >= 0.3 is 11.9 Å². The molecule has 10 heteroatoms. The smallest absolute Gasteiger partial charge is 0.306 e. The molecule has 93 heavy (non-hydrogen) atoms. The number of rotatable bonds is 73. The molecule has 0 rings (SSSR count). The summed E-state index contributed by atoms with van der Waals surface area (Å²) in [5.74, 6) is -0.854. The number of esters is 2. The van der Waals surface area contributed by atoms with Gasteiger partial charge in [0.25, 0.3) is 7.82 Å². The van der Waals surface area contributed by atoms with Gasteiger partial charge in [-0.1, -0.05) is 374 Å². The van der Waals surface area contributed by atoms with Crippen molar-refractivity contribution in [2.75, 3.05) is 47.5 Å². The van der Waals surface area contributed by atoms with E-state index in [0.29, 0.717) is 17.4 Å². The normalized spacial score (nSPS) is 13.6. The monoisotopic (exact) mass is 1320 g/mol. The second-order valence-corrected chi connectivity index (χ2v) is 29.1. The van der Waals surface area contributed by atoms with E-state index in [0.717, 1.165) is 96.3 Å². The van der Waals surface area contributed by atoms with E-state index in [4.69, 9.17) is 18.5 Å². The van der Waals surface area contributed by atoms with Crippen LogP contribution in [0.25, 0.3) is 0 Å². The number of hydrogen-bond donors (Lipinski definition) is 0. The molecule has 540 valence electrons. The Morgan fingerprint density at radius 3 is 0.914 bits per heavy atom. The van der Waals surface area contributed by atoms with E-state index >= 15 is 0 Å². The zero-order valence-electron chi connectivity index (χ0n) is 61.7. The summed E-state index contributed by atoms with van der Waals surface area (Å²) in [5.41, 5.74) is 0. The molecule has 0 radical (unpaired) electrons. The zero-order valence-corrected chi connectivity index (χ0v) is 62.6. The molecule has 2 unspecified atom stereocenters. The lowest BCUT2D eigenvalue weighted by Gasteiger charge is -2.28. The summed E-state index contributed by atoms with van der Waals surface area (Å²) >= 11 is 0. The molecular weight excluding hydrogens is 1170 g/mol. The molecule has 0 spiro atoms. The van der Waals surface area contributed by atoms with Gasteiger partial charge < -0.3 is 27.9 Å². The Morgan fingerprint density at radius 1 is 0.344 bits per heavy atom. The van der Waals surface area contributed by atoms with Crippen LogP contribution in [0.5, 0.6) is 0 Å². The number of allylic oxidation sites excluding steroid dienone is 16. The number of quaternary nitrogens is 1. The fourth-order valence-electron chi connectivity index (χ4n) is 11.4.